The third kappa shape index (κ3) is 1.14. The number of hydrogen-bond acceptors (Lipinski definition) is 5. The predicted octanol–water partition coefficient (Wildman–Crippen LogP) is -2.69. The van der Waals surface area contributed by atoms with Crippen LogP contribution in [0.5, 0.6) is 0 Å². The molecule has 2 aliphatic heterocycles. The number of hydroxylamine groups is 2. The summed E-state index contributed by atoms with van der Waals surface area (Å²) in [5, 5.41) is 20.7. The second-order valence-electron chi connectivity index (χ2n) is 3.80. The molecular formula is C7H14BNO4. The van der Waals surface area contributed by atoms with Gasteiger partial charge in [-0.15, -0.1) is 0 Å². The van der Waals surface area contributed by atoms with Crippen molar-refractivity contribution in [3.8, 4) is 0 Å². The van der Waals surface area contributed by atoms with E-state index in [4.69, 9.17) is 14.7 Å². The van der Waals surface area contributed by atoms with Gasteiger partial charge in [0.25, 0.3) is 0 Å². The third-order valence-electron chi connectivity index (χ3n) is 2.96. The van der Waals surface area contributed by atoms with Gasteiger partial charge in [-0.2, -0.15) is 5.06 Å². The first kappa shape index (κ1) is 9.42. The molecule has 0 aromatic carbocycles. The van der Waals surface area contributed by atoms with Crippen LogP contribution in [0.15, 0.2) is 0 Å². The minimum absolute atomic E-state index is 0.116. The molecule has 6 heteroatoms. The Bertz CT molecular complexity index is 217. The average molecular weight is 187 g/mol. The summed E-state index contributed by atoms with van der Waals surface area (Å²) >= 11 is 0. The van der Waals surface area contributed by atoms with E-state index in [9.17, 15) is 5.11 Å². The van der Waals surface area contributed by atoms with E-state index in [0.29, 0.717) is 0 Å². The van der Waals surface area contributed by atoms with E-state index in [2.05, 4.69) is 0 Å². The standard InChI is InChI=1S/C7H14BNO4/c1-9-4-5(11)7(2-10,3-12-9)13-6(4)8/h4-6,10-11H,2-3,8H2,1H3/t4-,5+,6-,7+/m1/s1. The highest BCUT2D eigenvalue weighted by molar-refractivity contribution is 6.11. The third-order valence-corrected chi connectivity index (χ3v) is 2.96. The molecule has 2 heterocycles. The second-order valence-corrected chi connectivity index (χ2v) is 3.80. The van der Waals surface area contributed by atoms with Crippen molar-refractivity contribution in [3.05, 3.63) is 0 Å². The van der Waals surface area contributed by atoms with E-state index in [1.54, 1.807) is 12.1 Å². The lowest BCUT2D eigenvalue weighted by Crippen LogP contribution is -2.59. The summed E-state index contributed by atoms with van der Waals surface area (Å²) in [6, 6.07) is -0.296. The van der Waals surface area contributed by atoms with Crippen LogP contribution < -0.4 is 0 Å². The van der Waals surface area contributed by atoms with E-state index in [0.717, 1.165) is 0 Å². The van der Waals surface area contributed by atoms with E-state index in [1.165, 1.54) is 0 Å². The molecule has 5 nitrogen and oxygen atoms in total. The fourth-order valence-corrected chi connectivity index (χ4v) is 2.17. The number of rotatable bonds is 1. The Labute approximate surface area is 77.6 Å². The first-order valence-electron chi connectivity index (χ1n) is 4.43. The molecule has 2 N–H and O–H groups in total. The number of aliphatic hydroxyl groups is 2. The molecule has 0 amide bonds. The van der Waals surface area contributed by atoms with Gasteiger partial charge in [-0.25, -0.2) is 0 Å². The van der Waals surface area contributed by atoms with Crippen LogP contribution in [0.2, 0.25) is 0 Å². The van der Waals surface area contributed by atoms with Crippen LogP contribution in [0.25, 0.3) is 0 Å². The van der Waals surface area contributed by atoms with Gasteiger partial charge in [-0.1, -0.05) is 0 Å². The van der Waals surface area contributed by atoms with Gasteiger partial charge in [0.15, 0.2) is 0 Å². The predicted molar refractivity (Wildman–Crippen MR) is 46.7 cm³/mol. The fourth-order valence-electron chi connectivity index (χ4n) is 2.17. The minimum atomic E-state index is -0.906. The van der Waals surface area contributed by atoms with Crippen LogP contribution in [0, 0.1) is 0 Å². The van der Waals surface area contributed by atoms with Gasteiger partial charge in [0, 0.05) is 13.1 Å². The molecule has 0 radical (unpaired) electrons. The average Bonchev–Trinajstić information content (AvgIpc) is 2.25. The van der Waals surface area contributed by atoms with Gasteiger partial charge in [-0.3, -0.25) is 4.84 Å². The number of ether oxygens (including phenoxy) is 1. The Kier molecular flexibility index (Phi) is 2.12. The number of fused-ring (bicyclic) bond motifs is 2. The summed E-state index contributed by atoms with van der Waals surface area (Å²) in [7, 11) is 3.64. The van der Waals surface area contributed by atoms with Crippen molar-refractivity contribution in [2.75, 3.05) is 20.3 Å². The maximum absolute atomic E-state index is 9.89. The second kappa shape index (κ2) is 2.93. The number of hydrogen-bond donors (Lipinski definition) is 2. The van der Waals surface area contributed by atoms with Gasteiger partial charge in [-0.05, 0) is 0 Å². The smallest absolute Gasteiger partial charge is 0.143 e. The lowest BCUT2D eigenvalue weighted by atomic mass is 9.87. The number of aliphatic hydroxyl groups excluding tert-OH is 2. The minimum Gasteiger partial charge on any atom is -0.393 e. The lowest BCUT2D eigenvalue weighted by Gasteiger charge is -2.38. The van der Waals surface area contributed by atoms with Crippen molar-refractivity contribution >= 4 is 7.85 Å². The fraction of sp³-hybridized carbons (Fsp3) is 1.00. The summed E-state index contributed by atoms with van der Waals surface area (Å²) in [4.78, 5) is 5.29. The Hall–Kier alpha value is -0.135. The van der Waals surface area contributed by atoms with Crippen molar-refractivity contribution in [2.24, 2.45) is 0 Å². The van der Waals surface area contributed by atoms with Crippen molar-refractivity contribution in [1.82, 2.24) is 5.06 Å². The van der Waals surface area contributed by atoms with Crippen molar-refractivity contribution < 1.29 is 19.8 Å². The highest BCUT2D eigenvalue weighted by Gasteiger charge is 2.57. The SMILES string of the molecule is B[C@@H]1O[C@@]2(CO)CON(C)[C@@H]1[C@@H]2O. The van der Waals surface area contributed by atoms with Gasteiger partial charge < -0.3 is 14.9 Å². The maximum Gasteiger partial charge on any atom is 0.143 e. The molecule has 2 saturated heterocycles. The Morgan fingerprint density at radius 3 is 3.00 bits per heavy atom. The van der Waals surface area contributed by atoms with Crippen LogP contribution in [-0.2, 0) is 9.57 Å². The lowest BCUT2D eigenvalue weighted by molar-refractivity contribution is -0.255. The molecule has 2 aliphatic rings. The van der Waals surface area contributed by atoms with E-state index in [-0.39, 0.29) is 25.3 Å². The molecule has 4 atom stereocenters. The summed E-state index contributed by atoms with van der Waals surface area (Å²) in [5.41, 5.74) is -0.906. The Balaban J connectivity index is 2.27. The van der Waals surface area contributed by atoms with Crippen LogP contribution in [0.1, 0.15) is 0 Å². The monoisotopic (exact) mass is 187 g/mol. The van der Waals surface area contributed by atoms with Crippen LogP contribution in [0.4, 0.5) is 0 Å². The topological polar surface area (TPSA) is 62.2 Å². The van der Waals surface area contributed by atoms with E-state index < -0.39 is 11.7 Å². The van der Waals surface area contributed by atoms with Crippen LogP contribution in [0.3, 0.4) is 0 Å². The molecule has 0 unspecified atom stereocenters. The molecular weight excluding hydrogens is 173 g/mol. The molecule has 0 aromatic rings. The van der Waals surface area contributed by atoms with Crippen LogP contribution in [-0.4, -0.2) is 67.1 Å². The Morgan fingerprint density at radius 1 is 1.69 bits per heavy atom. The molecule has 0 aliphatic carbocycles. The van der Waals surface area contributed by atoms with Gasteiger partial charge in [0.2, 0.25) is 0 Å². The largest absolute Gasteiger partial charge is 0.393 e. The van der Waals surface area contributed by atoms with Crippen molar-refractivity contribution in [1.29, 1.82) is 0 Å². The molecule has 0 aromatic heterocycles. The summed E-state index contributed by atoms with van der Waals surface area (Å²) in [6.45, 7) is 0.00481. The summed E-state index contributed by atoms with van der Waals surface area (Å²) in [5.74, 6) is 0. The molecule has 0 spiro atoms. The number of nitrogens with zero attached hydrogens (tertiary/aromatic N) is 1. The van der Waals surface area contributed by atoms with E-state index >= 15 is 0 Å². The van der Waals surface area contributed by atoms with Gasteiger partial charge in [0.05, 0.1) is 12.6 Å². The zero-order valence-corrected chi connectivity index (χ0v) is 7.80. The zero-order chi connectivity index (χ0) is 9.64. The van der Waals surface area contributed by atoms with Crippen LogP contribution >= 0.6 is 0 Å². The van der Waals surface area contributed by atoms with Crippen molar-refractivity contribution in [2.45, 2.75) is 23.8 Å². The molecule has 2 rings (SSSR count). The number of likely N-dealkylation sites (N-methyl/N-ethyl adjacent to an activating group) is 1. The molecule has 74 valence electrons. The summed E-state index contributed by atoms with van der Waals surface area (Å²) in [6.07, 6.45) is -0.675. The molecule has 2 fully saturated rings. The highest BCUT2D eigenvalue weighted by Crippen LogP contribution is 2.36. The molecule has 0 saturated carbocycles. The zero-order valence-electron chi connectivity index (χ0n) is 7.80. The Morgan fingerprint density at radius 2 is 2.38 bits per heavy atom. The molecule has 13 heavy (non-hydrogen) atoms. The van der Waals surface area contributed by atoms with E-state index in [1.807, 2.05) is 7.85 Å². The molecule has 2 bridgehead atoms. The van der Waals surface area contributed by atoms with Gasteiger partial charge >= 0.3 is 0 Å². The van der Waals surface area contributed by atoms with Crippen molar-refractivity contribution in [3.63, 3.8) is 0 Å². The maximum atomic E-state index is 9.89. The first-order valence-corrected chi connectivity index (χ1v) is 4.43. The quantitative estimate of drug-likeness (QED) is 0.438. The highest BCUT2D eigenvalue weighted by atomic mass is 16.7. The normalized spacial score (nSPS) is 51.2. The summed E-state index contributed by atoms with van der Waals surface area (Å²) < 4.78 is 5.54. The van der Waals surface area contributed by atoms with Gasteiger partial charge in [0.1, 0.15) is 26.2 Å². The first-order chi connectivity index (χ1) is 6.10.